The molecule has 0 amide bonds. The summed E-state index contributed by atoms with van der Waals surface area (Å²) in [5, 5.41) is 0. The van der Waals surface area contributed by atoms with E-state index in [2.05, 4.69) is 6.26 Å². The van der Waals surface area contributed by atoms with Gasteiger partial charge in [-0.25, -0.2) is 0 Å². The standard InChI is InChI=1S/C11H17NOS2/c1-9-8-10(4-5-11(9)12)15(13)7-3-6-14-2/h4-5,8H,3,6-7,12H2,1-2H3. The predicted molar refractivity (Wildman–Crippen MR) is 69.9 cm³/mol. The molecule has 0 fully saturated rings. The number of nitrogens with two attached hydrogens (primary N) is 1. The predicted octanol–water partition coefficient (Wildman–Crippen LogP) is 2.44. The first-order chi connectivity index (χ1) is 7.15. The van der Waals surface area contributed by atoms with Crippen molar-refractivity contribution in [3.63, 3.8) is 0 Å². The maximum absolute atomic E-state index is 11.8. The van der Waals surface area contributed by atoms with Gasteiger partial charge in [0.05, 0.1) is 10.8 Å². The molecular weight excluding hydrogens is 226 g/mol. The van der Waals surface area contributed by atoms with Crippen molar-refractivity contribution in [2.24, 2.45) is 0 Å². The highest BCUT2D eigenvalue weighted by Crippen LogP contribution is 2.16. The van der Waals surface area contributed by atoms with Gasteiger partial charge in [-0.05, 0) is 49.1 Å². The molecule has 0 saturated heterocycles. The molecular formula is C11H17NOS2. The summed E-state index contributed by atoms with van der Waals surface area (Å²) in [5.41, 5.74) is 7.48. The Balaban J connectivity index is 2.62. The molecule has 1 aromatic carbocycles. The lowest BCUT2D eigenvalue weighted by atomic mass is 10.2. The Kier molecular flexibility index (Phi) is 5.19. The lowest BCUT2D eigenvalue weighted by Gasteiger charge is -2.04. The second-order valence-corrected chi connectivity index (χ2v) is 5.97. The minimum absolute atomic E-state index is 0.740. The van der Waals surface area contributed by atoms with Gasteiger partial charge in [0.2, 0.25) is 0 Å². The van der Waals surface area contributed by atoms with Crippen molar-refractivity contribution in [2.45, 2.75) is 18.2 Å². The minimum Gasteiger partial charge on any atom is -0.399 e. The summed E-state index contributed by atoms with van der Waals surface area (Å²) in [6, 6.07) is 5.61. The first kappa shape index (κ1) is 12.6. The van der Waals surface area contributed by atoms with E-state index in [9.17, 15) is 4.21 Å². The summed E-state index contributed by atoms with van der Waals surface area (Å²) >= 11 is 1.79. The lowest BCUT2D eigenvalue weighted by Crippen LogP contribution is -2.00. The summed E-state index contributed by atoms with van der Waals surface area (Å²) in [6.07, 6.45) is 3.06. The fraction of sp³-hybridized carbons (Fsp3) is 0.455. The van der Waals surface area contributed by atoms with Crippen molar-refractivity contribution >= 4 is 28.2 Å². The Bertz CT molecular complexity index is 352. The monoisotopic (exact) mass is 243 g/mol. The number of anilines is 1. The molecule has 0 bridgehead atoms. The van der Waals surface area contributed by atoms with Crippen molar-refractivity contribution < 1.29 is 4.21 Å². The molecule has 15 heavy (non-hydrogen) atoms. The highest BCUT2D eigenvalue weighted by molar-refractivity contribution is 7.98. The van der Waals surface area contributed by atoms with Crippen molar-refractivity contribution in [3.05, 3.63) is 23.8 Å². The van der Waals surface area contributed by atoms with Crippen LogP contribution in [-0.2, 0) is 10.8 Å². The van der Waals surface area contributed by atoms with Crippen LogP contribution in [0.25, 0.3) is 0 Å². The lowest BCUT2D eigenvalue weighted by molar-refractivity contribution is 0.682. The zero-order valence-corrected chi connectivity index (χ0v) is 10.8. The maximum atomic E-state index is 11.8. The first-order valence-electron chi connectivity index (χ1n) is 4.88. The van der Waals surface area contributed by atoms with E-state index < -0.39 is 10.8 Å². The molecule has 1 unspecified atom stereocenters. The molecule has 0 spiro atoms. The third-order valence-electron chi connectivity index (χ3n) is 2.18. The number of hydrogen-bond donors (Lipinski definition) is 1. The van der Waals surface area contributed by atoms with E-state index >= 15 is 0 Å². The summed E-state index contributed by atoms with van der Waals surface area (Å²) in [6.45, 7) is 1.94. The molecule has 2 nitrogen and oxygen atoms in total. The van der Waals surface area contributed by atoms with Crippen LogP contribution in [0.4, 0.5) is 5.69 Å². The van der Waals surface area contributed by atoms with Gasteiger partial charge in [-0.15, -0.1) is 0 Å². The van der Waals surface area contributed by atoms with E-state index in [1.807, 2.05) is 25.1 Å². The second-order valence-electron chi connectivity index (χ2n) is 3.41. The van der Waals surface area contributed by atoms with Crippen LogP contribution < -0.4 is 5.73 Å². The van der Waals surface area contributed by atoms with Crippen molar-refractivity contribution in [1.29, 1.82) is 0 Å². The molecule has 0 aliphatic heterocycles. The molecule has 2 N–H and O–H groups in total. The van der Waals surface area contributed by atoms with Crippen molar-refractivity contribution in [3.8, 4) is 0 Å². The number of thioether (sulfide) groups is 1. The zero-order chi connectivity index (χ0) is 11.3. The summed E-state index contributed by atoms with van der Waals surface area (Å²) < 4.78 is 11.8. The van der Waals surface area contributed by atoms with Crippen LogP contribution in [0.3, 0.4) is 0 Å². The number of aryl methyl sites for hydroxylation is 1. The Morgan fingerprint density at radius 1 is 1.47 bits per heavy atom. The van der Waals surface area contributed by atoms with Gasteiger partial charge in [0.1, 0.15) is 0 Å². The van der Waals surface area contributed by atoms with E-state index in [0.717, 1.165) is 34.1 Å². The largest absolute Gasteiger partial charge is 0.399 e. The van der Waals surface area contributed by atoms with Gasteiger partial charge in [-0.1, -0.05) is 0 Å². The molecule has 1 atom stereocenters. The maximum Gasteiger partial charge on any atom is 0.0529 e. The van der Waals surface area contributed by atoms with Gasteiger partial charge >= 0.3 is 0 Å². The molecule has 4 heteroatoms. The fourth-order valence-electron chi connectivity index (χ4n) is 1.24. The average Bonchev–Trinajstić information content (AvgIpc) is 2.22. The number of benzene rings is 1. The fourth-order valence-corrected chi connectivity index (χ4v) is 3.03. The summed E-state index contributed by atoms with van der Waals surface area (Å²) in [4.78, 5) is 0.891. The van der Waals surface area contributed by atoms with Crippen LogP contribution in [0.1, 0.15) is 12.0 Å². The molecule has 0 saturated carbocycles. The van der Waals surface area contributed by atoms with Gasteiger partial charge in [0, 0.05) is 16.3 Å². The van der Waals surface area contributed by atoms with Gasteiger partial charge in [-0.2, -0.15) is 11.8 Å². The van der Waals surface area contributed by atoms with Gasteiger partial charge in [0.25, 0.3) is 0 Å². The van der Waals surface area contributed by atoms with E-state index in [4.69, 9.17) is 5.73 Å². The van der Waals surface area contributed by atoms with Crippen molar-refractivity contribution in [2.75, 3.05) is 23.5 Å². The Morgan fingerprint density at radius 2 is 2.20 bits per heavy atom. The highest BCUT2D eigenvalue weighted by Gasteiger charge is 2.04. The van der Waals surface area contributed by atoms with E-state index in [1.165, 1.54) is 0 Å². The SMILES string of the molecule is CSCCCS(=O)c1ccc(N)c(C)c1. The minimum atomic E-state index is -0.872. The molecule has 0 aromatic heterocycles. The first-order valence-corrected chi connectivity index (χ1v) is 7.60. The summed E-state index contributed by atoms with van der Waals surface area (Å²) in [7, 11) is -0.872. The van der Waals surface area contributed by atoms with Crippen LogP contribution >= 0.6 is 11.8 Å². The molecule has 0 aliphatic carbocycles. The Labute approximate surface area is 98.1 Å². The van der Waals surface area contributed by atoms with Gasteiger partial charge in [-0.3, -0.25) is 4.21 Å². The average molecular weight is 243 g/mol. The highest BCUT2D eigenvalue weighted by atomic mass is 32.2. The molecule has 0 heterocycles. The number of rotatable bonds is 5. The molecule has 1 aromatic rings. The third kappa shape index (κ3) is 3.87. The van der Waals surface area contributed by atoms with Crippen LogP contribution in [0.5, 0.6) is 0 Å². The van der Waals surface area contributed by atoms with Crippen molar-refractivity contribution in [1.82, 2.24) is 0 Å². The third-order valence-corrected chi connectivity index (χ3v) is 4.32. The Morgan fingerprint density at radius 3 is 2.80 bits per heavy atom. The molecule has 1 rings (SSSR count). The quantitative estimate of drug-likeness (QED) is 0.638. The molecule has 84 valence electrons. The van der Waals surface area contributed by atoms with Gasteiger partial charge < -0.3 is 5.73 Å². The normalized spacial score (nSPS) is 12.7. The van der Waals surface area contributed by atoms with Crippen LogP contribution in [-0.4, -0.2) is 22.0 Å². The van der Waals surface area contributed by atoms with Crippen LogP contribution in [0, 0.1) is 6.92 Å². The Hall–Kier alpha value is -0.480. The number of hydrogen-bond acceptors (Lipinski definition) is 3. The van der Waals surface area contributed by atoms with Gasteiger partial charge in [0.15, 0.2) is 0 Å². The zero-order valence-electron chi connectivity index (χ0n) is 9.16. The van der Waals surface area contributed by atoms with E-state index in [0.29, 0.717) is 0 Å². The van der Waals surface area contributed by atoms with Crippen LogP contribution in [0.2, 0.25) is 0 Å². The summed E-state index contributed by atoms with van der Waals surface area (Å²) in [5.74, 6) is 1.81. The van der Waals surface area contributed by atoms with E-state index in [-0.39, 0.29) is 0 Å². The number of nitrogen functional groups attached to an aromatic ring is 1. The smallest absolute Gasteiger partial charge is 0.0529 e. The van der Waals surface area contributed by atoms with E-state index in [1.54, 1.807) is 11.8 Å². The topological polar surface area (TPSA) is 43.1 Å². The van der Waals surface area contributed by atoms with Crippen LogP contribution in [0.15, 0.2) is 23.1 Å². The second kappa shape index (κ2) is 6.18. The molecule has 0 aliphatic rings. The molecule has 0 radical (unpaired) electrons.